The highest BCUT2D eigenvalue weighted by Crippen LogP contribution is 2.23. The molecule has 1 heterocycles. The monoisotopic (exact) mass is 242 g/mol. The van der Waals surface area contributed by atoms with Crippen molar-refractivity contribution in [2.75, 3.05) is 13.2 Å². The van der Waals surface area contributed by atoms with E-state index in [0.717, 1.165) is 36.8 Å². The van der Waals surface area contributed by atoms with Crippen LogP contribution in [0.1, 0.15) is 43.9 Å². The van der Waals surface area contributed by atoms with Gasteiger partial charge in [-0.3, -0.25) is 0 Å². The van der Waals surface area contributed by atoms with Gasteiger partial charge in [-0.2, -0.15) is 0 Å². The van der Waals surface area contributed by atoms with Crippen molar-refractivity contribution in [2.24, 2.45) is 11.7 Å². The molecule has 16 heavy (non-hydrogen) atoms. The van der Waals surface area contributed by atoms with Gasteiger partial charge in [0.25, 0.3) is 0 Å². The van der Waals surface area contributed by atoms with Gasteiger partial charge in [0.2, 0.25) is 0 Å². The normalized spacial score (nSPS) is 15.0. The Balaban J connectivity index is 2.50. The van der Waals surface area contributed by atoms with Gasteiger partial charge < -0.3 is 10.5 Å². The van der Waals surface area contributed by atoms with Gasteiger partial charge in [0.1, 0.15) is 0 Å². The third-order valence-corrected chi connectivity index (χ3v) is 3.76. The topological polar surface area (TPSA) is 48.1 Å². The molecule has 0 aliphatic rings. The number of ether oxygens (including phenoxy) is 1. The summed E-state index contributed by atoms with van der Waals surface area (Å²) in [5, 5.41) is 3.21. The van der Waals surface area contributed by atoms with Gasteiger partial charge in [0, 0.05) is 18.4 Å². The highest BCUT2D eigenvalue weighted by atomic mass is 32.1. The Kier molecular flexibility index (Phi) is 5.95. The SMILES string of the molecule is CCOCCc1nc(C(N)C(C)CC)cs1. The van der Waals surface area contributed by atoms with Crippen molar-refractivity contribution >= 4 is 11.3 Å². The lowest BCUT2D eigenvalue weighted by atomic mass is 9.98. The Bertz CT molecular complexity index is 301. The van der Waals surface area contributed by atoms with E-state index in [1.807, 2.05) is 6.92 Å². The van der Waals surface area contributed by atoms with Crippen LogP contribution in [0.3, 0.4) is 0 Å². The molecule has 0 radical (unpaired) electrons. The highest BCUT2D eigenvalue weighted by Gasteiger charge is 2.16. The van der Waals surface area contributed by atoms with Crippen molar-refractivity contribution in [3.63, 3.8) is 0 Å². The molecule has 2 atom stereocenters. The summed E-state index contributed by atoms with van der Waals surface area (Å²) >= 11 is 1.69. The van der Waals surface area contributed by atoms with Crippen LogP contribution in [0.25, 0.3) is 0 Å². The second kappa shape index (κ2) is 6.99. The fraction of sp³-hybridized carbons (Fsp3) is 0.750. The Morgan fingerprint density at radius 3 is 2.88 bits per heavy atom. The Morgan fingerprint density at radius 1 is 1.50 bits per heavy atom. The number of nitrogens with zero attached hydrogens (tertiary/aromatic N) is 1. The maximum Gasteiger partial charge on any atom is 0.0951 e. The van der Waals surface area contributed by atoms with E-state index in [0.29, 0.717) is 5.92 Å². The molecular formula is C12H22N2OS. The smallest absolute Gasteiger partial charge is 0.0951 e. The maximum absolute atomic E-state index is 6.13. The average Bonchev–Trinajstić information content (AvgIpc) is 2.76. The number of rotatable bonds is 7. The first-order valence-electron chi connectivity index (χ1n) is 5.96. The third kappa shape index (κ3) is 3.85. The van der Waals surface area contributed by atoms with Crippen LogP contribution in [0.2, 0.25) is 0 Å². The zero-order chi connectivity index (χ0) is 12.0. The summed E-state index contributed by atoms with van der Waals surface area (Å²) in [5.74, 6) is 0.488. The van der Waals surface area contributed by atoms with E-state index >= 15 is 0 Å². The average molecular weight is 242 g/mol. The van der Waals surface area contributed by atoms with E-state index in [-0.39, 0.29) is 6.04 Å². The summed E-state index contributed by atoms with van der Waals surface area (Å²) in [7, 11) is 0. The van der Waals surface area contributed by atoms with E-state index in [1.54, 1.807) is 11.3 Å². The van der Waals surface area contributed by atoms with E-state index < -0.39 is 0 Å². The molecule has 1 aromatic heterocycles. The second-order valence-corrected chi connectivity index (χ2v) is 4.97. The largest absolute Gasteiger partial charge is 0.381 e. The molecule has 0 amide bonds. The number of nitrogens with two attached hydrogens (primary N) is 1. The van der Waals surface area contributed by atoms with Crippen molar-refractivity contribution in [3.05, 3.63) is 16.1 Å². The number of thiazole rings is 1. The van der Waals surface area contributed by atoms with Gasteiger partial charge >= 0.3 is 0 Å². The standard InChI is InChI=1S/C12H22N2OS/c1-4-9(3)12(13)10-8-16-11(14-10)6-7-15-5-2/h8-9,12H,4-7,13H2,1-3H3. The van der Waals surface area contributed by atoms with Crippen LogP contribution >= 0.6 is 11.3 Å². The summed E-state index contributed by atoms with van der Waals surface area (Å²) < 4.78 is 5.31. The third-order valence-electron chi connectivity index (χ3n) is 2.83. The Morgan fingerprint density at radius 2 is 2.25 bits per heavy atom. The van der Waals surface area contributed by atoms with Crippen LogP contribution in [0.4, 0.5) is 0 Å². The number of hydrogen-bond acceptors (Lipinski definition) is 4. The Hall–Kier alpha value is -0.450. The first-order valence-corrected chi connectivity index (χ1v) is 6.84. The molecular weight excluding hydrogens is 220 g/mol. The summed E-state index contributed by atoms with van der Waals surface area (Å²) in [6, 6.07) is 0.0714. The quantitative estimate of drug-likeness (QED) is 0.748. The van der Waals surface area contributed by atoms with E-state index in [4.69, 9.17) is 10.5 Å². The van der Waals surface area contributed by atoms with Gasteiger partial charge in [0.05, 0.1) is 23.4 Å². The van der Waals surface area contributed by atoms with Gasteiger partial charge in [-0.05, 0) is 12.8 Å². The van der Waals surface area contributed by atoms with Gasteiger partial charge in [0.15, 0.2) is 0 Å². The molecule has 1 aromatic rings. The fourth-order valence-electron chi connectivity index (χ4n) is 1.44. The molecule has 0 saturated carbocycles. The minimum absolute atomic E-state index is 0.0714. The lowest BCUT2D eigenvalue weighted by molar-refractivity contribution is 0.151. The predicted octanol–water partition coefficient (Wildman–Crippen LogP) is 2.77. The molecule has 0 bridgehead atoms. The van der Waals surface area contributed by atoms with Crippen molar-refractivity contribution in [1.29, 1.82) is 0 Å². The summed E-state index contributed by atoms with van der Waals surface area (Å²) in [6.45, 7) is 7.86. The molecule has 0 fully saturated rings. The molecule has 0 saturated heterocycles. The van der Waals surface area contributed by atoms with Crippen molar-refractivity contribution < 1.29 is 4.74 Å². The molecule has 0 aromatic carbocycles. The lowest BCUT2D eigenvalue weighted by Crippen LogP contribution is -2.18. The first-order chi connectivity index (χ1) is 7.69. The Labute approximate surface area is 102 Å². The van der Waals surface area contributed by atoms with E-state index in [1.165, 1.54) is 0 Å². The van der Waals surface area contributed by atoms with Crippen molar-refractivity contribution in [1.82, 2.24) is 4.98 Å². The molecule has 4 heteroatoms. The highest BCUT2D eigenvalue weighted by molar-refractivity contribution is 7.09. The second-order valence-electron chi connectivity index (χ2n) is 4.02. The molecule has 1 rings (SSSR count). The van der Waals surface area contributed by atoms with Crippen LogP contribution in [0, 0.1) is 5.92 Å². The van der Waals surface area contributed by atoms with Crippen molar-refractivity contribution in [3.8, 4) is 0 Å². The summed E-state index contributed by atoms with van der Waals surface area (Å²) in [5.41, 5.74) is 7.16. The molecule has 2 N–H and O–H groups in total. The minimum Gasteiger partial charge on any atom is -0.381 e. The molecule has 92 valence electrons. The molecule has 2 unspecified atom stereocenters. The molecule has 0 spiro atoms. The van der Waals surface area contributed by atoms with Crippen LogP contribution in [0.15, 0.2) is 5.38 Å². The summed E-state index contributed by atoms with van der Waals surface area (Å²) in [4.78, 5) is 4.56. The predicted molar refractivity (Wildman–Crippen MR) is 68.7 cm³/mol. The van der Waals surface area contributed by atoms with E-state index in [9.17, 15) is 0 Å². The first kappa shape index (κ1) is 13.6. The fourth-order valence-corrected chi connectivity index (χ4v) is 2.27. The molecule has 0 aliphatic carbocycles. The van der Waals surface area contributed by atoms with Gasteiger partial charge in [-0.1, -0.05) is 20.3 Å². The van der Waals surface area contributed by atoms with Gasteiger partial charge in [-0.25, -0.2) is 4.98 Å². The van der Waals surface area contributed by atoms with Gasteiger partial charge in [-0.15, -0.1) is 11.3 Å². The number of hydrogen-bond donors (Lipinski definition) is 1. The minimum atomic E-state index is 0.0714. The van der Waals surface area contributed by atoms with Crippen LogP contribution in [0.5, 0.6) is 0 Å². The molecule has 0 aliphatic heterocycles. The van der Waals surface area contributed by atoms with Crippen LogP contribution in [-0.4, -0.2) is 18.2 Å². The lowest BCUT2D eigenvalue weighted by Gasteiger charge is -2.15. The number of aromatic nitrogens is 1. The van der Waals surface area contributed by atoms with Crippen molar-refractivity contribution in [2.45, 2.75) is 39.7 Å². The van der Waals surface area contributed by atoms with Crippen LogP contribution < -0.4 is 5.73 Å². The summed E-state index contributed by atoms with van der Waals surface area (Å²) in [6.07, 6.45) is 1.98. The van der Waals surface area contributed by atoms with Crippen LogP contribution in [-0.2, 0) is 11.2 Å². The zero-order valence-electron chi connectivity index (χ0n) is 10.4. The zero-order valence-corrected chi connectivity index (χ0v) is 11.2. The maximum atomic E-state index is 6.13. The van der Waals surface area contributed by atoms with E-state index in [2.05, 4.69) is 24.2 Å². The molecule has 3 nitrogen and oxygen atoms in total.